The number of unbranched alkanes of at least 4 members (excludes halogenated alkanes) is 2. The third-order valence-electron chi connectivity index (χ3n) is 7.12. The molecule has 0 aromatic heterocycles. The van der Waals surface area contributed by atoms with Crippen LogP contribution in [0.15, 0.2) is 30.3 Å². The molecule has 0 saturated heterocycles. The van der Waals surface area contributed by atoms with Gasteiger partial charge in [0.2, 0.25) is 0 Å². The first-order valence-electron chi connectivity index (χ1n) is 12.7. The van der Waals surface area contributed by atoms with Gasteiger partial charge < -0.3 is 4.90 Å². The number of rotatable bonds is 13. The van der Waals surface area contributed by atoms with E-state index in [1.54, 1.807) is 0 Å². The molecule has 3 rings (SSSR count). The number of nitrogens with one attached hydrogen (secondary N) is 1. The van der Waals surface area contributed by atoms with Crippen molar-refractivity contribution in [1.29, 1.82) is 0 Å². The average molecular weight is 437 g/mol. The van der Waals surface area contributed by atoms with Gasteiger partial charge in [-0.3, -0.25) is 14.9 Å². The number of anilines is 1. The van der Waals surface area contributed by atoms with Crippen LogP contribution < -0.4 is 10.2 Å². The van der Waals surface area contributed by atoms with Gasteiger partial charge in [-0.2, -0.15) is 0 Å². The summed E-state index contributed by atoms with van der Waals surface area (Å²) in [6, 6.07) is 9.87. The van der Waals surface area contributed by atoms with Gasteiger partial charge in [-0.25, -0.2) is 0 Å². The summed E-state index contributed by atoms with van der Waals surface area (Å²) in [5.41, 5.74) is 2.38. The highest BCUT2D eigenvalue weighted by Gasteiger charge is 2.27. The predicted octanol–water partition coefficient (Wildman–Crippen LogP) is 6.96. The largest absolute Gasteiger partial charge is 0.370 e. The molecule has 2 aromatic carbocycles. The van der Waals surface area contributed by atoms with Crippen LogP contribution in [0.5, 0.6) is 0 Å². The molecule has 1 aliphatic rings. The first-order chi connectivity index (χ1) is 15.5. The summed E-state index contributed by atoms with van der Waals surface area (Å²) in [5, 5.41) is 4.32. The molecule has 1 heterocycles. The third kappa shape index (κ3) is 5.33. The normalized spacial score (nSPS) is 15.0. The van der Waals surface area contributed by atoms with Crippen molar-refractivity contribution in [3.63, 3.8) is 0 Å². The second-order valence-corrected chi connectivity index (χ2v) is 9.38. The van der Waals surface area contributed by atoms with Gasteiger partial charge >= 0.3 is 0 Å². The SMILES string of the molecule is CCCCC(CC)CN(CC(CC)CCCC)c1ccc2c3c(cccc13)C(=O)NC2=O. The van der Waals surface area contributed by atoms with E-state index in [1.807, 2.05) is 18.2 Å². The number of carbonyl (C=O) groups is 2. The van der Waals surface area contributed by atoms with Gasteiger partial charge in [-0.1, -0.05) is 78.4 Å². The van der Waals surface area contributed by atoms with Gasteiger partial charge in [-0.15, -0.1) is 0 Å². The molecule has 4 nitrogen and oxygen atoms in total. The average Bonchev–Trinajstić information content (AvgIpc) is 2.81. The van der Waals surface area contributed by atoms with Crippen LogP contribution in [0.3, 0.4) is 0 Å². The first kappa shape index (κ1) is 24.3. The minimum Gasteiger partial charge on any atom is -0.370 e. The Morgan fingerprint density at radius 3 is 1.88 bits per heavy atom. The van der Waals surface area contributed by atoms with Gasteiger partial charge in [0.1, 0.15) is 0 Å². The highest BCUT2D eigenvalue weighted by Crippen LogP contribution is 2.35. The summed E-state index contributed by atoms with van der Waals surface area (Å²) in [7, 11) is 0. The van der Waals surface area contributed by atoms with E-state index in [0.29, 0.717) is 23.0 Å². The van der Waals surface area contributed by atoms with Gasteiger partial charge in [0.25, 0.3) is 11.8 Å². The summed E-state index contributed by atoms with van der Waals surface area (Å²) in [5.74, 6) is 0.713. The van der Waals surface area contributed by atoms with Crippen LogP contribution in [0.4, 0.5) is 5.69 Å². The van der Waals surface area contributed by atoms with Crippen molar-refractivity contribution < 1.29 is 9.59 Å². The van der Waals surface area contributed by atoms with Gasteiger partial charge in [0.15, 0.2) is 0 Å². The van der Waals surface area contributed by atoms with Gasteiger partial charge in [0.05, 0.1) is 0 Å². The van der Waals surface area contributed by atoms with Crippen molar-refractivity contribution in [3.8, 4) is 0 Å². The molecule has 0 saturated carbocycles. The van der Waals surface area contributed by atoms with E-state index in [4.69, 9.17) is 0 Å². The number of hydrogen-bond acceptors (Lipinski definition) is 3. The molecule has 174 valence electrons. The number of imide groups is 1. The lowest BCUT2D eigenvalue weighted by molar-refractivity contribution is 0.0845. The lowest BCUT2D eigenvalue weighted by atomic mass is 9.91. The highest BCUT2D eigenvalue weighted by atomic mass is 16.2. The minimum absolute atomic E-state index is 0.291. The zero-order valence-corrected chi connectivity index (χ0v) is 20.4. The number of nitrogens with zero attached hydrogens (tertiary/aromatic N) is 1. The van der Waals surface area contributed by atoms with Crippen LogP contribution in [0.2, 0.25) is 0 Å². The molecule has 1 aliphatic heterocycles. The van der Waals surface area contributed by atoms with E-state index in [1.165, 1.54) is 51.4 Å². The second kappa shape index (κ2) is 11.5. The Labute approximate surface area is 193 Å². The molecule has 0 fully saturated rings. The third-order valence-corrected chi connectivity index (χ3v) is 7.12. The fourth-order valence-electron chi connectivity index (χ4n) is 5.01. The topological polar surface area (TPSA) is 49.4 Å². The molecule has 4 heteroatoms. The number of benzene rings is 2. The summed E-state index contributed by atoms with van der Waals surface area (Å²) < 4.78 is 0. The Hall–Kier alpha value is -2.36. The van der Waals surface area contributed by atoms with E-state index in [0.717, 1.165) is 29.5 Å². The molecule has 2 unspecified atom stereocenters. The van der Waals surface area contributed by atoms with Crippen LogP contribution in [0.1, 0.15) is 99.8 Å². The molecule has 32 heavy (non-hydrogen) atoms. The predicted molar refractivity (Wildman–Crippen MR) is 135 cm³/mol. The molecule has 2 atom stereocenters. The molecule has 0 bridgehead atoms. The second-order valence-electron chi connectivity index (χ2n) is 9.38. The van der Waals surface area contributed by atoms with Crippen LogP contribution in [0.25, 0.3) is 10.8 Å². The molecular weight excluding hydrogens is 396 g/mol. The van der Waals surface area contributed by atoms with Crippen molar-refractivity contribution in [2.24, 2.45) is 11.8 Å². The van der Waals surface area contributed by atoms with Crippen LogP contribution in [-0.4, -0.2) is 24.9 Å². The maximum atomic E-state index is 12.5. The van der Waals surface area contributed by atoms with Gasteiger partial charge in [-0.05, 0) is 42.9 Å². The van der Waals surface area contributed by atoms with E-state index < -0.39 is 0 Å². The zero-order valence-electron chi connectivity index (χ0n) is 20.4. The van der Waals surface area contributed by atoms with Crippen LogP contribution >= 0.6 is 0 Å². The number of carbonyl (C=O) groups excluding carboxylic acids is 2. The molecule has 0 spiro atoms. The fraction of sp³-hybridized carbons (Fsp3) is 0.571. The number of amides is 2. The summed E-state index contributed by atoms with van der Waals surface area (Å²) in [4.78, 5) is 27.6. The standard InChI is InChI=1S/C28H40N2O2/c1-5-9-12-20(7-3)18-30(19-21(8-4)13-10-6-2)25-17-16-24-26-22(25)14-11-15-23(26)27(31)29-28(24)32/h11,14-17,20-21H,5-10,12-13,18-19H2,1-4H3,(H,29,31,32). The van der Waals surface area contributed by atoms with Crippen molar-refractivity contribution in [2.45, 2.75) is 79.1 Å². The Bertz CT molecular complexity index is 898. The van der Waals surface area contributed by atoms with E-state index in [-0.39, 0.29) is 11.8 Å². The molecule has 2 aromatic rings. The summed E-state index contributed by atoms with van der Waals surface area (Å²) >= 11 is 0. The highest BCUT2D eigenvalue weighted by molar-refractivity contribution is 6.26. The van der Waals surface area contributed by atoms with Crippen LogP contribution in [0, 0.1) is 11.8 Å². The Balaban J connectivity index is 2.04. The first-order valence-corrected chi connectivity index (χ1v) is 12.7. The van der Waals surface area contributed by atoms with Crippen molar-refractivity contribution in [3.05, 3.63) is 41.5 Å². The van der Waals surface area contributed by atoms with Gasteiger partial charge in [0, 0.05) is 40.7 Å². The van der Waals surface area contributed by atoms with E-state index >= 15 is 0 Å². The van der Waals surface area contributed by atoms with Crippen molar-refractivity contribution >= 4 is 28.3 Å². The quantitative estimate of drug-likeness (QED) is 0.345. The maximum absolute atomic E-state index is 12.5. The Kier molecular flexibility index (Phi) is 8.72. The minimum atomic E-state index is -0.291. The number of hydrogen-bond donors (Lipinski definition) is 1. The van der Waals surface area contributed by atoms with E-state index in [2.05, 4.69) is 50.0 Å². The Morgan fingerprint density at radius 2 is 1.34 bits per heavy atom. The fourth-order valence-corrected chi connectivity index (χ4v) is 5.01. The van der Waals surface area contributed by atoms with Crippen molar-refractivity contribution in [2.75, 3.05) is 18.0 Å². The molecular formula is C28H40N2O2. The lowest BCUT2D eigenvalue weighted by Crippen LogP contribution is -2.36. The Morgan fingerprint density at radius 1 is 0.781 bits per heavy atom. The molecule has 2 amide bonds. The van der Waals surface area contributed by atoms with Crippen molar-refractivity contribution in [1.82, 2.24) is 5.32 Å². The van der Waals surface area contributed by atoms with Crippen LogP contribution in [-0.2, 0) is 0 Å². The maximum Gasteiger partial charge on any atom is 0.258 e. The molecule has 0 aliphatic carbocycles. The smallest absolute Gasteiger partial charge is 0.258 e. The zero-order chi connectivity index (χ0) is 23.1. The summed E-state index contributed by atoms with van der Waals surface area (Å²) in [6.45, 7) is 11.2. The molecule has 0 radical (unpaired) electrons. The molecule has 1 N–H and O–H groups in total. The monoisotopic (exact) mass is 436 g/mol. The summed E-state index contributed by atoms with van der Waals surface area (Å²) in [6.07, 6.45) is 9.81. The lowest BCUT2D eigenvalue weighted by Gasteiger charge is -2.34. The van der Waals surface area contributed by atoms with E-state index in [9.17, 15) is 9.59 Å².